The molecular weight excluding hydrogens is 276 g/mol. The van der Waals surface area contributed by atoms with Crippen LogP contribution in [0.2, 0.25) is 0 Å². The molecule has 0 fully saturated rings. The van der Waals surface area contributed by atoms with Crippen LogP contribution in [-0.4, -0.2) is 21.9 Å². The van der Waals surface area contributed by atoms with Gasteiger partial charge in [0.15, 0.2) is 0 Å². The fraction of sp³-hybridized carbons (Fsp3) is 0.353. The summed E-state index contributed by atoms with van der Waals surface area (Å²) in [4.78, 5) is 20.8. The summed E-state index contributed by atoms with van der Waals surface area (Å²) < 4.78 is 0. The predicted octanol–water partition coefficient (Wildman–Crippen LogP) is 3.28. The first kappa shape index (κ1) is 15.9. The van der Waals surface area contributed by atoms with E-state index in [1.807, 2.05) is 46.8 Å². The lowest BCUT2D eigenvalue weighted by Crippen LogP contribution is -2.31. The number of hydrogen-bond donors (Lipinski definition) is 2. The zero-order valence-electron chi connectivity index (χ0n) is 13.7. The van der Waals surface area contributed by atoms with Gasteiger partial charge in [0.1, 0.15) is 5.69 Å². The van der Waals surface area contributed by atoms with Gasteiger partial charge in [-0.3, -0.25) is 4.79 Å². The molecule has 2 aromatic rings. The summed E-state index contributed by atoms with van der Waals surface area (Å²) in [6.07, 6.45) is 0. The minimum absolute atomic E-state index is 0.0681. The van der Waals surface area contributed by atoms with E-state index in [0.29, 0.717) is 11.6 Å². The maximum Gasteiger partial charge on any atom is 0.270 e. The highest BCUT2D eigenvalue weighted by Gasteiger charge is 2.12. The Labute approximate surface area is 131 Å². The predicted molar refractivity (Wildman–Crippen MR) is 88.6 cm³/mol. The molecule has 2 rings (SSSR count). The van der Waals surface area contributed by atoms with Crippen molar-refractivity contribution in [1.82, 2.24) is 15.3 Å². The first-order valence-corrected chi connectivity index (χ1v) is 7.36. The van der Waals surface area contributed by atoms with E-state index in [2.05, 4.69) is 26.7 Å². The summed E-state index contributed by atoms with van der Waals surface area (Å²) in [5.74, 6) is 0.241. The summed E-state index contributed by atoms with van der Waals surface area (Å²) in [5.41, 5.74) is 4.36. The number of aryl methyl sites for hydroxylation is 3. The van der Waals surface area contributed by atoms with Crippen molar-refractivity contribution in [1.29, 1.82) is 0 Å². The molecule has 1 heterocycles. The van der Waals surface area contributed by atoms with Crippen molar-refractivity contribution >= 4 is 17.5 Å². The van der Waals surface area contributed by atoms with Crippen molar-refractivity contribution in [2.75, 3.05) is 5.32 Å². The van der Waals surface area contributed by atoms with E-state index in [1.54, 1.807) is 6.07 Å². The van der Waals surface area contributed by atoms with Crippen LogP contribution < -0.4 is 10.6 Å². The van der Waals surface area contributed by atoms with Gasteiger partial charge in [-0.15, -0.1) is 0 Å². The van der Waals surface area contributed by atoms with Crippen LogP contribution in [0.5, 0.6) is 0 Å². The summed E-state index contributed by atoms with van der Waals surface area (Å²) in [6.45, 7) is 9.76. The normalized spacial score (nSPS) is 10.6. The highest BCUT2D eigenvalue weighted by atomic mass is 16.1. The molecule has 22 heavy (non-hydrogen) atoms. The summed E-state index contributed by atoms with van der Waals surface area (Å²) >= 11 is 0. The Morgan fingerprint density at radius 3 is 2.45 bits per heavy atom. The number of rotatable bonds is 4. The molecule has 5 heteroatoms. The number of aromatic nitrogens is 2. The molecule has 0 unspecified atom stereocenters. The highest BCUT2D eigenvalue weighted by molar-refractivity contribution is 5.92. The van der Waals surface area contributed by atoms with Gasteiger partial charge in [0, 0.05) is 17.4 Å². The molecule has 0 aliphatic heterocycles. The Bertz CT molecular complexity index is 695. The quantitative estimate of drug-likeness (QED) is 0.909. The van der Waals surface area contributed by atoms with Crippen LogP contribution >= 0.6 is 0 Å². The van der Waals surface area contributed by atoms with Crippen molar-refractivity contribution in [3.63, 3.8) is 0 Å². The Balaban J connectivity index is 2.28. The Hall–Kier alpha value is -2.43. The lowest BCUT2D eigenvalue weighted by Gasteiger charge is -2.12. The third-order valence-corrected chi connectivity index (χ3v) is 3.14. The van der Waals surface area contributed by atoms with Crippen LogP contribution in [0.3, 0.4) is 0 Å². The fourth-order valence-corrected chi connectivity index (χ4v) is 2.15. The highest BCUT2D eigenvalue weighted by Crippen LogP contribution is 2.19. The average Bonchev–Trinajstić information content (AvgIpc) is 2.40. The van der Waals surface area contributed by atoms with E-state index in [9.17, 15) is 4.79 Å². The lowest BCUT2D eigenvalue weighted by atomic mass is 10.1. The summed E-state index contributed by atoms with van der Waals surface area (Å²) in [7, 11) is 0. The van der Waals surface area contributed by atoms with E-state index >= 15 is 0 Å². The van der Waals surface area contributed by atoms with Crippen LogP contribution in [0.4, 0.5) is 11.6 Å². The minimum atomic E-state index is -0.191. The number of carbonyl (C=O) groups excluding carboxylic acids is 1. The second-order valence-electron chi connectivity index (χ2n) is 5.79. The van der Waals surface area contributed by atoms with Gasteiger partial charge in [0.05, 0.1) is 0 Å². The zero-order valence-corrected chi connectivity index (χ0v) is 13.7. The van der Waals surface area contributed by atoms with Crippen LogP contribution in [0, 0.1) is 20.8 Å². The number of nitrogens with one attached hydrogen (secondary N) is 2. The van der Waals surface area contributed by atoms with E-state index in [0.717, 1.165) is 16.9 Å². The van der Waals surface area contributed by atoms with Crippen LogP contribution in [0.1, 0.15) is 41.2 Å². The monoisotopic (exact) mass is 298 g/mol. The smallest absolute Gasteiger partial charge is 0.270 e. The second kappa shape index (κ2) is 6.56. The van der Waals surface area contributed by atoms with Gasteiger partial charge in [-0.2, -0.15) is 0 Å². The molecule has 1 aromatic heterocycles. The average molecular weight is 298 g/mol. The number of carbonyl (C=O) groups is 1. The molecule has 0 atom stereocenters. The molecular formula is C17H22N4O. The van der Waals surface area contributed by atoms with Crippen LogP contribution in [0.25, 0.3) is 0 Å². The van der Waals surface area contributed by atoms with Crippen molar-refractivity contribution in [3.8, 4) is 0 Å². The molecule has 0 saturated heterocycles. The van der Waals surface area contributed by atoms with Gasteiger partial charge >= 0.3 is 0 Å². The molecule has 0 radical (unpaired) electrons. The largest absolute Gasteiger partial charge is 0.349 e. The van der Waals surface area contributed by atoms with Gasteiger partial charge in [0.2, 0.25) is 5.95 Å². The number of benzene rings is 1. The number of hydrogen-bond acceptors (Lipinski definition) is 4. The maximum atomic E-state index is 12.1. The molecule has 5 nitrogen and oxygen atoms in total. The minimum Gasteiger partial charge on any atom is -0.349 e. The third-order valence-electron chi connectivity index (χ3n) is 3.14. The van der Waals surface area contributed by atoms with E-state index in [1.165, 1.54) is 5.56 Å². The first-order chi connectivity index (χ1) is 10.3. The van der Waals surface area contributed by atoms with Gasteiger partial charge in [0.25, 0.3) is 5.91 Å². The van der Waals surface area contributed by atoms with Gasteiger partial charge in [-0.1, -0.05) is 17.7 Å². The van der Waals surface area contributed by atoms with E-state index in [-0.39, 0.29) is 11.9 Å². The number of anilines is 2. The van der Waals surface area contributed by atoms with E-state index < -0.39 is 0 Å². The van der Waals surface area contributed by atoms with Crippen molar-refractivity contribution < 1.29 is 4.79 Å². The third kappa shape index (κ3) is 4.04. The summed E-state index contributed by atoms with van der Waals surface area (Å²) in [5, 5.41) is 6.03. The Kier molecular flexibility index (Phi) is 4.75. The second-order valence-corrected chi connectivity index (χ2v) is 5.79. The molecule has 0 spiro atoms. The topological polar surface area (TPSA) is 66.9 Å². The van der Waals surface area contributed by atoms with Crippen LogP contribution in [-0.2, 0) is 0 Å². The van der Waals surface area contributed by atoms with Crippen molar-refractivity contribution in [2.24, 2.45) is 0 Å². The van der Waals surface area contributed by atoms with Gasteiger partial charge < -0.3 is 10.6 Å². The molecule has 0 bridgehead atoms. The lowest BCUT2D eigenvalue weighted by molar-refractivity contribution is 0.0938. The van der Waals surface area contributed by atoms with Crippen molar-refractivity contribution in [2.45, 2.75) is 40.7 Å². The molecule has 1 amide bonds. The Morgan fingerprint density at radius 2 is 1.82 bits per heavy atom. The molecule has 0 aliphatic rings. The molecule has 0 saturated carbocycles. The SMILES string of the molecule is Cc1ccc(Nc2nc(C)cc(C(=O)NC(C)C)n2)c(C)c1. The van der Waals surface area contributed by atoms with Crippen molar-refractivity contribution in [3.05, 3.63) is 46.8 Å². The number of nitrogens with zero attached hydrogens (tertiary/aromatic N) is 2. The van der Waals surface area contributed by atoms with E-state index in [4.69, 9.17) is 0 Å². The molecule has 116 valence electrons. The van der Waals surface area contributed by atoms with Gasteiger partial charge in [-0.05, 0) is 52.3 Å². The fourth-order valence-electron chi connectivity index (χ4n) is 2.15. The molecule has 0 aliphatic carbocycles. The molecule has 2 N–H and O–H groups in total. The van der Waals surface area contributed by atoms with Crippen LogP contribution in [0.15, 0.2) is 24.3 Å². The molecule has 1 aromatic carbocycles. The summed E-state index contributed by atoms with van der Waals surface area (Å²) in [6, 6.07) is 7.86. The standard InChI is InChI=1S/C17H22N4O/c1-10(2)18-16(22)15-9-13(5)19-17(21-15)20-14-7-6-11(3)8-12(14)4/h6-10H,1-5H3,(H,18,22)(H,19,20,21). The Morgan fingerprint density at radius 1 is 1.09 bits per heavy atom. The van der Waals surface area contributed by atoms with Gasteiger partial charge in [-0.25, -0.2) is 9.97 Å². The zero-order chi connectivity index (χ0) is 16.3. The number of amides is 1. The first-order valence-electron chi connectivity index (χ1n) is 7.36. The maximum absolute atomic E-state index is 12.1.